The predicted molar refractivity (Wildman–Crippen MR) is 66.7 cm³/mol. The smallest absolute Gasteiger partial charge is 0.128 e. The number of rotatable bonds is 5. The highest BCUT2D eigenvalue weighted by Crippen LogP contribution is 2.13. The van der Waals surface area contributed by atoms with Crippen LogP contribution in [-0.2, 0) is 6.61 Å². The number of likely N-dealkylation sites (N-methyl/N-ethyl adjacent to an activating group) is 2. The first-order chi connectivity index (χ1) is 7.52. The molecular formula is C12H21N3O. The number of aliphatic hydroxyl groups excluding tert-OH is 1. The van der Waals surface area contributed by atoms with E-state index in [1.165, 1.54) is 0 Å². The average molecular weight is 223 g/mol. The SMILES string of the molecule is Cc1cc(CO)cc(N(C)CCN(C)C)n1. The topological polar surface area (TPSA) is 39.6 Å². The van der Waals surface area contributed by atoms with Crippen molar-refractivity contribution in [1.29, 1.82) is 0 Å². The molecule has 0 radical (unpaired) electrons. The zero-order valence-electron chi connectivity index (χ0n) is 10.6. The van der Waals surface area contributed by atoms with E-state index < -0.39 is 0 Å². The van der Waals surface area contributed by atoms with Crippen LogP contribution in [0, 0.1) is 6.92 Å². The van der Waals surface area contributed by atoms with Crippen LogP contribution in [0.5, 0.6) is 0 Å². The summed E-state index contributed by atoms with van der Waals surface area (Å²) in [5.74, 6) is 0.922. The van der Waals surface area contributed by atoms with E-state index >= 15 is 0 Å². The minimum atomic E-state index is 0.0673. The molecule has 16 heavy (non-hydrogen) atoms. The lowest BCUT2D eigenvalue weighted by Gasteiger charge is -2.21. The van der Waals surface area contributed by atoms with Crippen molar-refractivity contribution in [3.05, 3.63) is 23.4 Å². The number of aromatic nitrogens is 1. The van der Waals surface area contributed by atoms with Gasteiger partial charge in [-0.25, -0.2) is 4.98 Å². The van der Waals surface area contributed by atoms with Gasteiger partial charge in [-0.05, 0) is 38.7 Å². The molecule has 0 aliphatic heterocycles. The fraction of sp³-hybridized carbons (Fsp3) is 0.583. The first kappa shape index (κ1) is 12.9. The summed E-state index contributed by atoms with van der Waals surface area (Å²) in [6.07, 6.45) is 0. The normalized spacial score (nSPS) is 10.9. The second kappa shape index (κ2) is 5.82. The second-order valence-corrected chi connectivity index (χ2v) is 4.36. The van der Waals surface area contributed by atoms with E-state index in [1.807, 2.05) is 26.1 Å². The number of hydrogen-bond acceptors (Lipinski definition) is 4. The molecule has 0 amide bonds. The molecule has 0 spiro atoms. The highest BCUT2D eigenvalue weighted by atomic mass is 16.3. The van der Waals surface area contributed by atoms with Gasteiger partial charge in [0.25, 0.3) is 0 Å². The lowest BCUT2D eigenvalue weighted by atomic mass is 10.2. The molecule has 1 rings (SSSR count). The summed E-state index contributed by atoms with van der Waals surface area (Å²) in [6.45, 7) is 3.93. The number of hydrogen-bond donors (Lipinski definition) is 1. The molecule has 4 nitrogen and oxygen atoms in total. The zero-order chi connectivity index (χ0) is 12.1. The van der Waals surface area contributed by atoms with Gasteiger partial charge < -0.3 is 14.9 Å². The van der Waals surface area contributed by atoms with Crippen LogP contribution in [0.4, 0.5) is 5.82 Å². The van der Waals surface area contributed by atoms with Gasteiger partial charge in [0, 0.05) is 25.8 Å². The van der Waals surface area contributed by atoms with Crippen LogP contribution in [-0.4, -0.2) is 49.2 Å². The van der Waals surface area contributed by atoms with Crippen molar-refractivity contribution in [3.8, 4) is 0 Å². The number of aryl methyl sites for hydroxylation is 1. The van der Waals surface area contributed by atoms with Crippen LogP contribution in [0.1, 0.15) is 11.3 Å². The van der Waals surface area contributed by atoms with Gasteiger partial charge in [0.2, 0.25) is 0 Å². The quantitative estimate of drug-likeness (QED) is 0.804. The highest BCUT2D eigenvalue weighted by Gasteiger charge is 2.05. The summed E-state index contributed by atoms with van der Waals surface area (Å²) in [4.78, 5) is 8.70. The van der Waals surface area contributed by atoms with E-state index in [4.69, 9.17) is 5.11 Å². The van der Waals surface area contributed by atoms with E-state index in [0.29, 0.717) is 0 Å². The number of aliphatic hydroxyl groups is 1. The van der Waals surface area contributed by atoms with Gasteiger partial charge in [-0.2, -0.15) is 0 Å². The molecule has 0 atom stereocenters. The van der Waals surface area contributed by atoms with Gasteiger partial charge in [-0.1, -0.05) is 0 Å². The zero-order valence-corrected chi connectivity index (χ0v) is 10.6. The third-order valence-electron chi connectivity index (χ3n) is 2.46. The molecule has 4 heteroatoms. The molecule has 1 aromatic heterocycles. The Morgan fingerprint density at radius 3 is 2.44 bits per heavy atom. The number of nitrogens with zero attached hydrogens (tertiary/aromatic N) is 3. The second-order valence-electron chi connectivity index (χ2n) is 4.36. The third-order valence-corrected chi connectivity index (χ3v) is 2.46. The molecule has 0 bridgehead atoms. The Bertz CT molecular complexity index is 339. The number of anilines is 1. The van der Waals surface area contributed by atoms with E-state index in [0.717, 1.165) is 30.2 Å². The Balaban J connectivity index is 2.74. The molecule has 0 unspecified atom stereocenters. The number of pyridine rings is 1. The molecule has 0 saturated carbocycles. The van der Waals surface area contributed by atoms with Crippen molar-refractivity contribution in [2.24, 2.45) is 0 Å². The molecule has 0 saturated heterocycles. The van der Waals surface area contributed by atoms with Crippen molar-refractivity contribution in [3.63, 3.8) is 0 Å². The van der Waals surface area contributed by atoms with Crippen LogP contribution >= 0.6 is 0 Å². The molecule has 90 valence electrons. The Labute approximate surface area is 97.5 Å². The summed E-state index contributed by atoms with van der Waals surface area (Å²) < 4.78 is 0. The van der Waals surface area contributed by atoms with Gasteiger partial charge in [0.05, 0.1) is 6.61 Å². The van der Waals surface area contributed by atoms with Crippen molar-refractivity contribution in [2.75, 3.05) is 39.1 Å². The maximum Gasteiger partial charge on any atom is 0.128 e. The van der Waals surface area contributed by atoms with Crippen LogP contribution in [0.3, 0.4) is 0 Å². The Kier molecular flexibility index (Phi) is 4.71. The first-order valence-electron chi connectivity index (χ1n) is 5.47. The van der Waals surface area contributed by atoms with Gasteiger partial charge in [-0.3, -0.25) is 0 Å². The van der Waals surface area contributed by atoms with Crippen LogP contribution in [0.25, 0.3) is 0 Å². The molecule has 0 aliphatic rings. The lowest BCUT2D eigenvalue weighted by molar-refractivity contribution is 0.281. The maximum absolute atomic E-state index is 9.13. The average Bonchev–Trinajstić information content (AvgIpc) is 2.24. The third kappa shape index (κ3) is 3.79. The summed E-state index contributed by atoms with van der Waals surface area (Å²) in [6, 6.07) is 3.84. The first-order valence-corrected chi connectivity index (χ1v) is 5.47. The van der Waals surface area contributed by atoms with Crippen LogP contribution in [0.15, 0.2) is 12.1 Å². The van der Waals surface area contributed by atoms with Gasteiger partial charge in [0.1, 0.15) is 5.82 Å². The molecule has 1 N–H and O–H groups in total. The molecule has 0 fully saturated rings. The van der Waals surface area contributed by atoms with Gasteiger partial charge >= 0.3 is 0 Å². The molecule has 0 aliphatic carbocycles. The van der Waals surface area contributed by atoms with E-state index in [2.05, 4.69) is 28.9 Å². The molecule has 1 heterocycles. The van der Waals surface area contributed by atoms with Crippen LogP contribution in [0.2, 0.25) is 0 Å². The van der Waals surface area contributed by atoms with Gasteiger partial charge in [-0.15, -0.1) is 0 Å². The van der Waals surface area contributed by atoms with Gasteiger partial charge in [0.15, 0.2) is 0 Å². The predicted octanol–water partition coefficient (Wildman–Crippen LogP) is 0.880. The Morgan fingerprint density at radius 2 is 1.88 bits per heavy atom. The van der Waals surface area contributed by atoms with Crippen molar-refractivity contribution >= 4 is 5.82 Å². The summed E-state index contributed by atoms with van der Waals surface area (Å²) in [5.41, 5.74) is 1.86. The van der Waals surface area contributed by atoms with Crippen LogP contribution < -0.4 is 4.90 Å². The minimum Gasteiger partial charge on any atom is -0.392 e. The summed E-state index contributed by atoms with van der Waals surface area (Å²) in [7, 11) is 6.12. The van der Waals surface area contributed by atoms with E-state index in [1.54, 1.807) is 0 Å². The molecule has 0 aromatic carbocycles. The van der Waals surface area contributed by atoms with E-state index in [9.17, 15) is 0 Å². The Hall–Kier alpha value is -1.13. The molecular weight excluding hydrogens is 202 g/mol. The Morgan fingerprint density at radius 1 is 1.19 bits per heavy atom. The largest absolute Gasteiger partial charge is 0.392 e. The highest BCUT2D eigenvalue weighted by molar-refractivity contribution is 5.41. The standard InChI is InChI=1S/C12H21N3O/c1-10-7-11(9-16)8-12(13-10)15(4)6-5-14(2)3/h7-8,16H,5-6,9H2,1-4H3. The monoisotopic (exact) mass is 223 g/mol. The fourth-order valence-electron chi connectivity index (χ4n) is 1.47. The maximum atomic E-state index is 9.13. The molecule has 1 aromatic rings. The van der Waals surface area contributed by atoms with Crippen molar-refractivity contribution in [2.45, 2.75) is 13.5 Å². The van der Waals surface area contributed by atoms with Crippen molar-refractivity contribution in [1.82, 2.24) is 9.88 Å². The minimum absolute atomic E-state index is 0.0673. The fourth-order valence-corrected chi connectivity index (χ4v) is 1.47. The lowest BCUT2D eigenvalue weighted by Crippen LogP contribution is -2.29. The van der Waals surface area contributed by atoms with Crippen molar-refractivity contribution < 1.29 is 5.11 Å². The summed E-state index contributed by atoms with van der Waals surface area (Å²) in [5, 5.41) is 9.13. The summed E-state index contributed by atoms with van der Waals surface area (Å²) >= 11 is 0. The van der Waals surface area contributed by atoms with E-state index in [-0.39, 0.29) is 6.61 Å².